The summed E-state index contributed by atoms with van der Waals surface area (Å²) in [5.41, 5.74) is 1.26. The van der Waals surface area contributed by atoms with E-state index >= 15 is 0 Å². The molecule has 1 atom stereocenters. The molecule has 0 radical (unpaired) electrons. The fraction of sp³-hybridized carbons (Fsp3) is 0.579. The molecule has 24 heavy (non-hydrogen) atoms. The molecule has 1 aromatic carbocycles. The zero-order chi connectivity index (χ0) is 17.2. The fourth-order valence-electron chi connectivity index (χ4n) is 2.94. The molecular weight excluding hydrogens is 304 g/mol. The molecule has 1 saturated heterocycles. The van der Waals surface area contributed by atoms with Crippen molar-refractivity contribution in [3.63, 3.8) is 0 Å². The van der Waals surface area contributed by atoms with Crippen molar-refractivity contribution in [3.05, 3.63) is 35.9 Å². The maximum Gasteiger partial charge on any atom is 0.325 e. The molecule has 0 aliphatic carbocycles. The molecule has 0 aromatic heterocycles. The van der Waals surface area contributed by atoms with Gasteiger partial charge in [0, 0.05) is 13.1 Å². The third kappa shape index (κ3) is 6.32. The minimum Gasteiger partial charge on any atom is -0.464 e. The molecule has 1 N–H and O–H groups in total. The van der Waals surface area contributed by atoms with Crippen LogP contribution in [0.25, 0.3) is 0 Å². The first-order valence-corrected chi connectivity index (χ1v) is 8.88. The van der Waals surface area contributed by atoms with Crippen LogP contribution in [0.4, 0.5) is 0 Å². The minimum atomic E-state index is -0.353. The lowest BCUT2D eigenvalue weighted by Crippen LogP contribution is -2.44. The van der Waals surface area contributed by atoms with Crippen LogP contribution in [0.2, 0.25) is 0 Å². The Hall–Kier alpha value is -1.88. The molecular formula is C19H28N2O3. The normalized spacial score (nSPS) is 18.1. The highest BCUT2D eigenvalue weighted by Crippen LogP contribution is 2.18. The lowest BCUT2D eigenvalue weighted by Gasteiger charge is -2.31. The van der Waals surface area contributed by atoms with Gasteiger partial charge in [-0.3, -0.25) is 14.5 Å². The van der Waals surface area contributed by atoms with E-state index in [1.807, 2.05) is 25.1 Å². The largest absolute Gasteiger partial charge is 0.464 e. The second kappa shape index (κ2) is 10.1. The van der Waals surface area contributed by atoms with E-state index in [9.17, 15) is 9.59 Å². The van der Waals surface area contributed by atoms with Gasteiger partial charge in [-0.05, 0) is 31.4 Å². The molecule has 0 spiro atoms. The summed E-state index contributed by atoms with van der Waals surface area (Å²) in [5.74, 6) is -0.445. The number of ether oxygens (including phenoxy) is 1. The van der Waals surface area contributed by atoms with E-state index in [-0.39, 0.29) is 24.3 Å². The number of nitrogens with zero attached hydrogens (tertiary/aromatic N) is 1. The van der Waals surface area contributed by atoms with Crippen LogP contribution in [0.15, 0.2) is 30.3 Å². The van der Waals surface area contributed by atoms with Gasteiger partial charge in [-0.15, -0.1) is 0 Å². The van der Waals surface area contributed by atoms with E-state index in [0.29, 0.717) is 6.61 Å². The van der Waals surface area contributed by atoms with Gasteiger partial charge in [0.25, 0.3) is 0 Å². The summed E-state index contributed by atoms with van der Waals surface area (Å²) >= 11 is 0. The van der Waals surface area contributed by atoms with Crippen molar-refractivity contribution >= 4 is 11.9 Å². The van der Waals surface area contributed by atoms with E-state index in [0.717, 1.165) is 45.3 Å². The predicted octanol–water partition coefficient (Wildman–Crippen LogP) is 2.36. The number of likely N-dealkylation sites (tertiary alicyclic amines) is 1. The van der Waals surface area contributed by atoms with Crippen LogP contribution in [-0.2, 0) is 20.9 Å². The maximum atomic E-state index is 12.3. The van der Waals surface area contributed by atoms with E-state index in [1.54, 1.807) is 0 Å². The Labute approximate surface area is 144 Å². The smallest absolute Gasteiger partial charge is 0.325 e. The summed E-state index contributed by atoms with van der Waals surface area (Å²) in [7, 11) is 0. The van der Waals surface area contributed by atoms with Crippen molar-refractivity contribution in [2.24, 2.45) is 5.92 Å². The van der Waals surface area contributed by atoms with Crippen molar-refractivity contribution < 1.29 is 14.3 Å². The second-order valence-electron chi connectivity index (χ2n) is 6.35. The number of carbonyl (C=O) groups is 2. The van der Waals surface area contributed by atoms with Crippen LogP contribution in [0, 0.1) is 5.92 Å². The number of hydrogen-bond donors (Lipinski definition) is 1. The maximum absolute atomic E-state index is 12.3. The van der Waals surface area contributed by atoms with Gasteiger partial charge in [-0.1, -0.05) is 43.7 Å². The molecule has 1 fully saturated rings. The molecule has 0 saturated carbocycles. The average Bonchev–Trinajstić information content (AvgIpc) is 2.61. The number of rotatable bonds is 8. The summed E-state index contributed by atoms with van der Waals surface area (Å²) in [4.78, 5) is 26.2. The zero-order valence-electron chi connectivity index (χ0n) is 14.5. The van der Waals surface area contributed by atoms with Gasteiger partial charge >= 0.3 is 5.97 Å². The van der Waals surface area contributed by atoms with E-state index in [1.165, 1.54) is 5.56 Å². The molecule has 5 nitrogen and oxygen atoms in total. The minimum absolute atomic E-state index is 0.0300. The van der Waals surface area contributed by atoms with Gasteiger partial charge in [0.1, 0.15) is 6.54 Å². The van der Waals surface area contributed by atoms with Crippen LogP contribution >= 0.6 is 0 Å². The Bertz CT molecular complexity index is 519. The van der Waals surface area contributed by atoms with Crippen molar-refractivity contribution in [3.8, 4) is 0 Å². The van der Waals surface area contributed by atoms with Crippen LogP contribution < -0.4 is 5.32 Å². The first-order valence-electron chi connectivity index (χ1n) is 8.88. The SMILES string of the molecule is CCCCOC(=O)CNC(=O)C1CCCN(Cc2ccccc2)C1. The number of esters is 1. The number of unbranched alkanes of at least 4 members (excludes halogenated alkanes) is 1. The highest BCUT2D eigenvalue weighted by molar-refractivity contribution is 5.83. The van der Waals surface area contributed by atoms with Crippen molar-refractivity contribution in [1.82, 2.24) is 10.2 Å². The number of nitrogens with one attached hydrogen (secondary N) is 1. The Morgan fingerprint density at radius 3 is 2.83 bits per heavy atom. The molecule has 132 valence electrons. The molecule has 1 aliphatic rings. The topological polar surface area (TPSA) is 58.6 Å². The molecule has 1 amide bonds. The average molecular weight is 332 g/mol. The molecule has 0 bridgehead atoms. The zero-order valence-corrected chi connectivity index (χ0v) is 14.5. The van der Waals surface area contributed by atoms with Crippen LogP contribution in [0.3, 0.4) is 0 Å². The van der Waals surface area contributed by atoms with Crippen molar-refractivity contribution in [2.45, 2.75) is 39.2 Å². The van der Waals surface area contributed by atoms with Gasteiger partial charge < -0.3 is 10.1 Å². The number of piperidine rings is 1. The van der Waals surface area contributed by atoms with E-state index < -0.39 is 0 Å². The number of benzene rings is 1. The highest BCUT2D eigenvalue weighted by atomic mass is 16.5. The molecule has 5 heteroatoms. The van der Waals surface area contributed by atoms with Crippen molar-refractivity contribution in [2.75, 3.05) is 26.2 Å². The predicted molar refractivity (Wildman–Crippen MR) is 93.3 cm³/mol. The molecule has 1 heterocycles. The molecule has 2 rings (SSSR count). The van der Waals surface area contributed by atoms with Crippen LogP contribution in [-0.4, -0.2) is 43.0 Å². The summed E-state index contributed by atoms with van der Waals surface area (Å²) < 4.78 is 5.06. The van der Waals surface area contributed by atoms with Crippen molar-refractivity contribution in [1.29, 1.82) is 0 Å². The molecule has 1 aliphatic heterocycles. The van der Waals surface area contributed by atoms with Gasteiger partial charge in [-0.25, -0.2) is 0 Å². The third-order valence-electron chi connectivity index (χ3n) is 4.29. The molecule has 1 aromatic rings. The third-order valence-corrected chi connectivity index (χ3v) is 4.29. The standard InChI is InChI=1S/C19H28N2O3/c1-2-3-12-24-18(22)13-20-19(23)17-10-7-11-21(15-17)14-16-8-5-4-6-9-16/h4-6,8-9,17H,2-3,7,10-15H2,1H3,(H,20,23). The Kier molecular flexibility index (Phi) is 7.75. The van der Waals surface area contributed by atoms with E-state index in [4.69, 9.17) is 4.74 Å². The van der Waals surface area contributed by atoms with Gasteiger partial charge in [0.15, 0.2) is 0 Å². The first kappa shape index (κ1) is 18.5. The second-order valence-corrected chi connectivity index (χ2v) is 6.35. The summed E-state index contributed by atoms with van der Waals surface area (Å²) in [6, 6.07) is 10.3. The Balaban J connectivity index is 1.73. The fourth-order valence-corrected chi connectivity index (χ4v) is 2.94. The summed E-state index contributed by atoms with van der Waals surface area (Å²) in [6.07, 6.45) is 3.73. The number of hydrogen-bond acceptors (Lipinski definition) is 4. The van der Waals surface area contributed by atoms with Gasteiger partial charge in [0.05, 0.1) is 12.5 Å². The van der Waals surface area contributed by atoms with E-state index in [2.05, 4.69) is 22.3 Å². The highest BCUT2D eigenvalue weighted by Gasteiger charge is 2.26. The summed E-state index contributed by atoms with van der Waals surface area (Å²) in [5, 5.41) is 2.72. The van der Waals surface area contributed by atoms with Crippen LogP contribution in [0.1, 0.15) is 38.2 Å². The summed E-state index contributed by atoms with van der Waals surface area (Å²) in [6.45, 7) is 5.06. The van der Waals surface area contributed by atoms with Gasteiger partial charge in [0.2, 0.25) is 5.91 Å². The monoisotopic (exact) mass is 332 g/mol. The van der Waals surface area contributed by atoms with Gasteiger partial charge in [-0.2, -0.15) is 0 Å². The number of carbonyl (C=O) groups excluding carboxylic acids is 2. The first-order chi connectivity index (χ1) is 11.7. The Morgan fingerprint density at radius 1 is 1.29 bits per heavy atom. The lowest BCUT2D eigenvalue weighted by molar-refractivity contribution is -0.144. The lowest BCUT2D eigenvalue weighted by atomic mass is 9.96. The van der Waals surface area contributed by atoms with Crippen LogP contribution in [0.5, 0.6) is 0 Å². The quantitative estimate of drug-likeness (QED) is 0.586. The molecule has 1 unspecified atom stereocenters. The number of amides is 1. The Morgan fingerprint density at radius 2 is 2.08 bits per heavy atom.